The number of thiophene rings is 1. The van der Waals surface area contributed by atoms with Gasteiger partial charge in [-0.1, -0.05) is 19.1 Å². The van der Waals surface area contributed by atoms with Crippen molar-refractivity contribution in [2.75, 3.05) is 33.7 Å². The number of amidine groups is 1. The predicted octanol–water partition coefficient (Wildman–Crippen LogP) is 3.66. The Morgan fingerprint density at radius 1 is 1.38 bits per heavy atom. The molecule has 2 rings (SSSR count). The number of hydrogen-bond donors (Lipinski definition) is 1. The summed E-state index contributed by atoms with van der Waals surface area (Å²) in [6, 6.07) is 1.94. The molecule has 0 saturated carbocycles. The van der Waals surface area contributed by atoms with Crippen LogP contribution < -0.4 is 5.73 Å². The average Bonchev–Trinajstić information content (AvgIpc) is 2.92. The molecule has 0 spiro atoms. The van der Waals surface area contributed by atoms with Crippen molar-refractivity contribution in [3.63, 3.8) is 0 Å². The molecule has 1 aliphatic rings. The third kappa shape index (κ3) is 5.81. The van der Waals surface area contributed by atoms with Crippen LogP contribution in [0, 0.1) is 0 Å². The summed E-state index contributed by atoms with van der Waals surface area (Å²) in [5.41, 5.74) is 8.81. The minimum Gasteiger partial charge on any atom is -0.387 e. The summed E-state index contributed by atoms with van der Waals surface area (Å²) >= 11 is 1.59. The van der Waals surface area contributed by atoms with Crippen molar-refractivity contribution in [1.82, 2.24) is 9.80 Å². The zero-order chi connectivity index (χ0) is 19.1. The monoisotopic (exact) mass is 374 g/mol. The van der Waals surface area contributed by atoms with Crippen LogP contribution in [0.1, 0.15) is 37.5 Å². The van der Waals surface area contributed by atoms with Crippen LogP contribution in [0.4, 0.5) is 5.69 Å². The molecule has 0 atom stereocenters. The SMILES string of the molecule is C=C(CCCN(CCC)C(=O)C1=Cc2sccc2N=C(N)C1)CN(C)C. The Kier molecular flexibility index (Phi) is 7.60. The molecule has 0 aliphatic carbocycles. The highest BCUT2D eigenvalue weighted by Gasteiger charge is 2.21. The molecule has 26 heavy (non-hydrogen) atoms. The number of nitrogens with two attached hydrogens (primary N) is 1. The fourth-order valence-electron chi connectivity index (χ4n) is 3.08. The molecule has 1 aromatic rings. The van der Waals surface area contributed by atoms with Gasteiger partial charge in [-0.3, -0.25) is 4.79 Å². The standard InChI is InChI=1S/C20H30N4OS/c1-5-9-24(10-6-7-15(2)14-23(3)4)20(25)16-12-18-17(8-11-26-18)22-19(21)13-16/h8,11-12H,2,5-7,9-10,13-14H2,1,3-4H3,(H2,21,22). The summed E-state index contributed by atoms with van der Waals surface area (Å²) in [6.45, 7) is 8.61. The minimum atomic E-state index is 0.0736. The highest BCUT2D eigenvalue weighted by atomic mass is 32.1. The fraction of sp³-hybridized carbons (Fsp3) is 0.500. The van der Waals surface area contributed by atoms with E-state index in [0.717, 1.165) is 55.0 Å². The van der Waals surface area contributed by atoms with Gasteiger partial charge in [-0.15, -0.1) is 11.3 Å². The first-order valence-corrected chi connectivity index (χ1v) is 10.0. The molecule has 2 N–H and O–H groups in total. The summed E-state index contributed by atoms with van der Waals surface area (Å²) in [4.78, 5) is 22.6. The Balaban J connectivity index is 2.04. The number of fused-ring (bicyclic) bond motifs is 1. The average molecular weight is 375 g/mol. The van der Waals surface area contributed by atoms with E-state index in [9.17, 15) is 4.79 Å². The fourth-order valence-corrected chi connectivity index (χ4v) is 3.87. The number of rotatable bonds is 9. The normalized spacial score (nSPS) is 13.7. The molecule has 1 aliphatic heterocycles. The number of amides is 1. The van der Waals surface area contributed by atoms with E-state index < -0.39 is 0 Å². The third-order valence-corrected chi connectivity index (χ3v) is 5.02. The smallest absolute Gasteiger partial charge is 0.250 e. The molecule has 1 aromatic heterocycles. The highest BCUT2D eigenvalue weighted by Crippen LogP contribution is 2.31. The molecule has 2 heterocycles. The van der Waals surface area contributed by atoms with Crippen molar-refractivity contribution >= 4 is 34.8 Å². The van der Waals surface area contributed by atoms with Crippen LogP contribution in [0.15, 0.2) is 34.2 Å². The quantitative estimate of drug-likeness (QED) is 0.671. The van der Waals surface area contributed by atoms with Crippen molar-refractivity contribution < 1.29 is 4.79 Å². The van der Waals surface area contributed by atoms with E-state index in [1.54, 1.807) is 11.3 Å². The summed E-state index contributed by atoms with van der Waals surface area (Å²) in [7, 11) is 4.09. The number of likely N-dealkylation sites (N-methyl/N-ethyl adjacent to an activating group) is 1. The van der Waals surface area contributed by atoms with Crippen LogP contribution in [0.3, 0.4) is 0 Å². The van der Waals surface area contributed by atoms with Gasteiger partial charge in [-0.25, -0.2) is 4.99 Å². The summed E-state index contributed by atoms with van der Waals surface area (Å²) in [6.07, 6.45) is 5.17. The molecule has 5 nitrogen and oxygen atoms in total. The minimum absolute atomic E-state index is 0.0736. The van der Waals surface area contributed by atoms with Gasteiger partial charge >= 0.3 is 0 Å². The maximum atomic E-state index is 13.1. The number of hydrogen-bond acceptors (Lipinski definition) is 5. The predicted molar refractivity (Wildman–Crippen MR) is 112 cm³/mol. The molecule has 142 valence electrons. The van der Waals surface area contributed by atoms with E-state index in [0.29, 0.717) is 12.3 Å². The first-order chi connectivity index (χ1) is 12.4. The molecular weight excluding hydrogens is 344 g/mol. The lowest BCUT2D eigenvalue weighted by Crippen LogP contribution is -2.35. The van der Waals surface area contributed by atoms with Crippen LogP contribution in [0.25, 0.3) is 6.08 Å². The van der Waals surface area contributed by atoms with Crippen LogP contribution in [-0.2, 0) is 4.79 Å². The molecule has 0 radical (unpaired) electrons. The van der Waals surface area contributed by atoms with Crippen LogP contribution in [0.2, 0.25) is 0 Å². The lowest BCUT2D eigenvalue weighted by Gasteiger charge is -2.24. The van der Waals surface area contributed by atoms with Crippen molar-refractivity contribution in [2.24, 2.45) is 10.7 Å². The van der Waals surface area contributed by atoms with Crippen LogP contribution >= 0.6 is 11.3 Å². The maximum Gasteiger partial charge on any atom is 0.250 e. The van der Waals surface area contributed by atoms with Gasteiger partial charge in [0.15, 0.2) is 0 Å². The van der Waals surface area contributed by atoms with E-state index in [-0.39, 0.29) is 5.91 Å². The zero-order valence-electron chi connectivity index (χ0n) is 16.1. The molecular formula is C20H30N4OS. The first kappa shape index (κ1) is 20.4. The zero-order valence-corrected chi connectivity index (χ0v) is 16.9. The second-order valence-corrected chi connectivity index (χ2v) is 7.95. The second kappa shape index (κ2) is 9.69. The molecule has 0 saturated heterocycles. The van der Waals surface area contributed by atoms with E-state index in [1.807, 2.05) is 36.5 Å². The lowest BCUT2D eigenvalue weighted by molar-refractivity contribution is -0.127. The topological polar surface area (TPSA) is 61.9 Å². The Hall–Kier alpha value is -1.92. The van der Waals surface area contributed by atoms with Crippen molar-refractivity contribution in [3.05, 3.63) is 34.0 Å². The molecule has 0 bridgehead atoms. The van der Waals surface area contributed by atoms with Crippen LogP contribution in [-0.4, -0.2) is 55.3 Å². The van der Waals surface area contributed by atoms with Gasteiger partial charge in [0.05, 0.1) is 10.6 Å². The van der Waals surface area contributed by atoms with Gasteiger partial charge in [0.2, 0.25) is 5.91 Å². The Morgan fingerprint density at radius 3 is 2.85 bits per heavy atom. The Labute approximate surface area is 160 Å². The van der Waals surface area contributed by atoms with E-state index >= 15 is 0 Å². The van der Waals surface area contributed by atoms with Gasteiger partial charge < -0.3 is 15.5 Å². The molecule has 0 fully saturated rings. The van der Waals surface area contributed by atoms with Gasteiger partial charge in [0.25, 0.3) is 0 Å². The molecule has 1 amide bonds. The number of carbonyl (C=O) groups excluding carboxylic acids is 1. The first-order valence-electron chi connectivity index (χ1n) is 9.12. The Morgan fingerprint density at radius 2 is 2.15 bits per heavy atom. The van der Waals surface area contributed by atoms with Gasteiger partial charge in [0, 0.05) is 31.6 Å². The van der Waals surface area contributed by atoms with E-state index in [2.05, 4.69) is 23.4 Å². The summed E-state index contributed by atoms with van der Waals surface area (Å²) in [5, 5.41) is 1.98. The molecule has 6 heteroatoms. The lowest BCUT2D eigenvalue weighted by atomic mass is 10.1. The number of aliphatic imine (C=N–C) groups is 1. The van der Waals surface area contributed by atoms with Crippen molar-refractivity contribution in [3.8, 4) is 0 Å². The number of carbonyl (C=O) groups is 1. The maximum absolute atomic E-state index is 13.1. The van der Waals surface area contributed by atoms with Gasteiger partial charge in [0.1, 0.15) is 5.84 Å². The summed E-state index contributed by atoms with van der Waals surface area (Å²) in [5.74, 6) is 0.571. The van der Waals surface area contributed by atoms with Crippen molar-refractivity contribution in [2.45, 2.75) is 32.6 Å². The Bertz CT molecular complexity index is 702. The second-order valence-electron chi connectivity index (χ2n) is 7.00. The van der Waals surface area contributed by atoms with Crippen LogP contribution in [0.5, 0.6) is 0 Å². The highest BCUT2D eigenvalue weighted by molar-refractivity contribution is 7.11. The largest absolute Gasteiger partial charge is 0.387 e. The third-order valence-electron chi connectivity index (χ3n) is 4.17. The molecule has 0 unspecified atom stereocenters. The van der Waals surface area contributed by atoms with Gasteiger partial charge in [-0.05, 0) is 50.9 Å². The molecule has 0 aromatic carbocycles. The van der Waals surface area contributed by atoms with E-state index in [1.165, 1.54) is 5.57 Å². The van der Waals surface area contributed by atoms with E-state index in [4.69, 9.17) is 5.73 Å². The van der Waals surface area contributed by atoms with Crippen molar-refractivity contribution in [1.29, 1.82) is 0 Å². The summed E-state index contributed by atoms with van der Waals surface area (Å²) < 4.78 is 0. The van der Waals surface area contributed by atoms with Gasteiger partial charge in [-0.2, -0.15) is 0 Å². The number of nitrogens with zero attached hydrogens (tertiary/aromatic N) is 3.